The van der Waals surface area contributed by atoms with Crippen LogP contribution in [0.15, 0.2) is 0 Å². The highest BCUT2D eigenvalue weighted by Crippen LogP contribution is 2.16. The van der Waals surface area contributed by atoms with E-state index in [0.29, 0.717) is 19.5 Å². The average molecular weight is 243 g/mol. The van der Waals surface area contributed by atoms with Crippen LogP contribution in [-0.2, 0) is 4.79 Å². The van der Waals surface area contributed by atoms with Gasteiger partial charge in [-0.05, 0) is 26.4 Å². The number of carboxylic acid groups (broad SMARTS) is 1. The van der Waals surface area contributed by atoms with E-state index < -0.39 is 12.0 Å². The summed E-state index contributed by atoms with van der Waals surface area (Å²) in [5.74, 6) is -0.914. The van der Waals surface area contributed by atoms with Crippen LogP contribution in [0.25, 0.3) is 0 Å². The van der Waals surface area contributed by atoms with Crippen molar-refractivity contribution in [2.24, 2.45) is 0 Å². The van der Waals surface area contributed by atoms with E-state index in [9.17, 15) is 9.59 Å². The second-order valence-electron chi connectivity index (χ2n) is 4.32. The van der Waals surface area contributed by atoms with Gasteiger partial charge in [-0.25, -0.2) is 9.59 Å². The van der Waals surface area contributed by atoms with Gasteiger partial charge in [-0.1, -0.05) is 6.92 Å². The fourth-order valence-corrected chi connectivity index (χ4v) is 1.88. The Balaban J connectivity index is 2.34. The Morgan fingerprint density at radius 2 is 2.24 bits per heavy atom. The highest BCUT2D eigenvalue weighted by atomic mass is 16.4. The molecule has 0 radical (unpaired) electrons. The molecule has 1 heterocycles. The molecule has 0 aromatic carbocycles. The molecule has 2 N–H and O–H groups in total. The molecule has 0 aliphatic carbocycles. The molecule has 0 aromatic heterocycles. The van der Waals surface area contributed by atoms with Crippen LogP contribution in [0, 0.1) is 0 Å². The van der Waals surface area contributed by atoms with Gasteiger partial charge in [0.2, 0.25) is 0 Å². The smallest absolute Gasteiger partial charge is 0.326 e. The molecule has 0 spiro atoms. The van der Waals surface area contributed by atoms with Crippen molar-refractivity contribution in [3.8, 4) is 0 Å². The lowest BCUT2D eigenvalue weighted by molar-refractivity contribution is -0.141. The van der Waals surface area contributed by atoms with Crippen molar-refractivity contribution < 1.29 is 14.7 Å². The number of likely N-dealkylation sites (N-methyl/N-ethyl adjacent to an activating group) is 1. The van der Waals surface area contributed by atoms with Gasteiger partial charge in [-0.3, -0.25) is 0 Å². The van der Waals surface area contributed by atoms with Crippen molar-refractivity contribution >= 4 is 12.0 Å². The van der Waals surface area contributed by atoms with E-state index in [2.05, 4.69) is 10.2 Å². The molecule has 1 saturated heterocycles. The average Bonchev–Trinajstić information content (AvgIpc) is 2.77. The van der Waals surface area contributed by atoms with Crippen molar-refractivity contribution in [1.82, 2.24) is 15.1 Å². The summed E-state index contributed by atoms with van der Waals surface area (Å²) in [5.41, 5.74) is 0. The molecular weight excluding hydrogens is 222 g/mol. The Labute approximate surface area is 102 Å². The Bertz CT molecular complexity index is 283. The molecule has 1 fully saturated rings. The van der Waals surface area contributed by atoms with Crippen LogP contribution in [0.5, 0.6) is 0 Å². The van der Waals surface area contributed by atoms with Crippen LogP contribution in [0.1, 0.15) is 19.8 Å². The number of carbonyl (C=O) groups excluding carboxylic acids is 1. The number of carboxylic acids is 1. The van der Waals surface area contributed by atoms with Crippen LogP contribution < -0.4 is 5.32 Å². The number of nitrogens with one attached hydrogen (secondary N) is 1. The lowest BCUT2D eigenvalue weighted by Gasteiger charge is -2.22. The molecule has 2 amide bonds. The zero-order valence-electron chi connectivity index (χ0n) is 10.5. The summed E-state index contributed by atoms with van der Waals surface area (Å²) >= 11 is 0. The monoisotopic (exact) mass is 243 g/mol. The van der Waals surface area contributed by atoms with Crippen molar-refractivity contribution in [2.75, 3.05) is 33.2 Å². The molecule has 6 heteroatoms. The molecule has 6 nitrogen and oxygen atoms in total. The predicted octanol–water partition coefficient (Wildman–Crippen LogP) is 0.197. The molecule has 1 rings (SSSR count). The summed E-state index contributed by atoms with van der Waals surface area (Å²) < 4.78 is 0. The SMILES string of the molecule is CCN(C)CCNC(=O)N1CCCC1C(=O)O. The van der Waals surface area contributed by atoms with E-state index in [4.69, 9.17) is 5.11 Å². The second kappa shape index (κ2) is 6.44. The maximum absolute atomic E-state index is 11.8. The van der Waals surface area contributed by atoms with E-state index in [0.717, 1.165) is 19.5 Å². The Hall–Kier alpha value is -1.30. The van der Waals surface area contributed by atoms with E-state index in [-0.39, 0.29) is 6.03 Å². The van der Waals surface area contributed by atoms with Gasteiger partial charge in [0.1, 0.15) is 6.04 Å². The summed E-state index contributed by atoms with van der Waals surface area (Å²) in [5, 5.41) is 11.7. The first-order chi connectivity index (χ1) is 8.06. The number of carbonyl (C=O) groups is 2. The molecule has 1 unspecified atom stereocenters. The third kappa shape index (κ3) is 3.89. The third-order valence-corrected chi connectivity index (χ3v) is 3.11. The summed E-state index contributed by atoms with van der Waals surface area (Å²) in [6.07, 6.45) is 1.32. The molecule has 98 valence electrons. The Morgan fingerprint density at radius 3 is 2.82 bits per heavy atom. The van der Waals surface area contributed by atoms with Gasteiger partial charge < -0.3 is 20.2 Å². The molecular formula is C11H21N3O3. The fourth-order valence-electron chi connectivity index (χ4n) is 1.88. The summed E-state index contributed by atoms with van der Waals surface area (Å²) in [6.45, 7) is 4.83. The van der Waals surface area contributed by atoms with E-state index in [1.165, 1.54) is 4.90 Å². The number of likely N-dealkylation sites (tertiary alicyclic amines) is 1. The number of amides is 2. The minimum Gasteiger partial charge on any atom is -0.480 e. The van der Waals surface area contributed by atoms with Gasteiger partial charge in [0.05, 0.1) is 0 Å². The van der Waals surface area contributed by atoms with Gasteiger partial charge >= 0.3 is 12.0 Å². The van der Waals surface area contributed by atoms with Crippen molar-refractivity contribution in [2.45, 2.75) is 25.8 Å². The van der Waals surface area contributed by atoms with Crippen molar-refractivity contribution in [3.63, 3.8) is 0 Å². The molecule has 1 aliphatic heterocycles. The van der Waals surface area contributed by atoms with E-state index in [1.54, 1.807) is 0 Å². The largest absolute Gasteiger partial charge is 0.480 e. The zero-order valence-corrected chi connectivity index (χ0v) is 10.5. The summed E-state index contributed by atoms with van der Waals surface area (Å²) in [7, 11) is 1.97. The van der Waals surface area contributed by atoms with Crippen LogP contribution >= 0.6 is 0 Å². The first-order valence-corrected chi connectivity index (χ1v) is 6.02. The maximum Gasteiger partial charge on any atom is 0.326 e. The maximum atomic E-state index is 11.8. The normalized spacial score (nSPS) is 19.7. The number of urea groups is 1. The van der Waals surface area contributed by atoms with Gasteiger partial charge in [-0.2, -0.15) is 0 Å². The van der Waals surface area contributed by atoms with Crippen LogP contribution in [0.2, 0.25) is 0 Å². The van der Waals surface area contributed by atoms with Gasteiger partial charge in [0, 0.05) is 19.6 Å². The molecule has 0 bridgehead atoms. The van der Waals surface area contributed by atoms with E-state index in [1.807, 2.05) is 14.0 Å². The van der Waals surface area contributed by atoms with Crippen LogP contribution in [0.4, 0.5) is 4.79 Å². The minimum atomic E-state index is -0.914. The predicted molar refractivity (Wildman–Crippen MR) is 63.9 cm³/mol. The first kappa shape index (κ1) is 13.8. The highest BCUT2D eigenvalue weighted by Gasteiger charge is 2.33. The lowest BCUT2D eigenvalue weighted by atomic mass is 10.2. The number of rotatable bonds is 5. The minimum absolute atomic E-state index is 0.264. The molecule has 0 saturated carbocycles. The molecule has 1 atom stereocenters. The van der Waals surface area contributed by atoms with Crippen molar-refractivity contribution in [3.05, 3.63) is 0 Å². The van der Waals surface area contributed by atoms with Gasteiger partial charge in [-0.15, -0.1) is 0 Å². The van der Waals surface area contributed by atoms with Crippen LogP contribution in [0.3, 0.4) is 0 Å². The number of nitrogens with zero attached hydrogens (tertiary/aromatic N) is 2. The summed E-state index contributed by atoms with van der Waals surface area (Å²) in [4.78, 5) is 26.2. The van der Waals surface area contributed by atoms with Crippen LogP contribution in [-0.4, -0.2) is 66.2 Å². The van der Waals surface area contributed by atoms with Gasteiger partial charge in [0.15, 0.2) is 0 Å². The quantitative estimate of drug-likeness (QED) is 0.723. The molecule has 0 aromatic rings. The number of hydrogen-bond donors (Lipinski definition) is 2. The van der Waals surface area contributed by atoms with Gasteiger partial charge in [0.25, 0.3) is 0 Å². The zero-order chi connectivity index (χ0) is 12.8. The summed E-state index contributed by atoms with van der Waals surface area (Å²) in [6, 6.07) is -0.918. The highest BCUT2D eigenvalue weighted by molar-refractivity contribution is 5.83. The third-order valence-electron chi connectivity index (χ3n) is 3.11. The number of aliphatic carboxylic acids is 1. The van der Waals surface area contributed by atoms with E-state index >= 15 is 0 Å². The Morgan fingerprint density at radius 1 is 1.53 bits per heavy atom. The first-order valence-electron chi connectivity index (χ1n) is 6.02. The fraction of sp³-hybridized carbons (Fsp3) is 0.818. The Kier molecular flexibility index (Phi) is 5.21. The standard InChI is InChI=1S/C11H21N3O3/c1-3-13(2)8-6-12-11(17)14-7-4-5-9(14)10(15)16/h9H,3-8H2,1-2H3,(H,12,17)(H,15,16). The lowest BCUT2D eigenvalue weighted by Crippen LogP contribution is -2.47. The molecule has 17 heavy (non-hydrogen) atoms. The second-order valence-corrected chi connectivity index (χ2v) is 4.32. The molecule has 1 aliphatic rings. The van der Waals surface area contributed by atoms with Crippen molar-refractivity contribution in [1.29, 1.82) is 0 Å². The number of hydrogen-bond acceptors (Lipinski definition) is 3. The topological polar surface area (TPSA) is 72.9 Å².